The molecule has 44 heavy (non-hydrogen) atoms. The normalized spacial score (nSPS) is 23.5. The predicted molar refractivity (Wildman–Crippen MR) is 155 cm³/mol. The molecule has 0 spiro atoms. The Kier molecular flexibility index (Phi) is 10.2. The summed E-state index contributed by atoms with van der Waals surface area (Å²) in [6.07, 6.45) is -2.05. The molecule has 1 aliphatic heterocycles. The first kappa shape index (κ1) is 32.8. The van der Waals surface area contributed by atoms with Gasteiger partial charge in [-0.25, -0.2) is 14.1 Å². The Morgan fingerprint density at radius 3 is 2.57 bits per heavy atom. The minimum absolute atomic E-state index is 0.0497. The molecule has 1 fully saturated rings. The maximum absolute atomic E-state index is 14.0. The fourth-order valence-electron chi connectivity index (χ4n) is 4.68. The number of carbonyl (C=O) groups is 1. The number of anilines is 1. The fourth-order valence-corrected chi connectivity index (χ4v) is 6.18. The van der Waals surface area contributed by atoms with E-state index in [4.69, 9.17) is 29.5 Å². The van der Waals surface area contributed by atoms with Gasteiger partial charge in [-0.3, -0.25) is 9.32 Å². The quantitative estimate of drug-likeness (QED) is 0.157. The third kappa shape index (κ3) is 6.69. The van der Waals surface area contributed by atoms with E-state index in [1.54, 1.807) is 0 Å². The van der Waals surface area contributed by atoms with E-state index in [1.807, 2.05) is 26.0 Å². The number of rotatable bonds is 13. The molecule has 16 heteroatoms. The molecule has 0 bridgehead atoms. The molecule has 234 valence electrons. The maximum atomic E-state index is 14.0. The second kappa shape index (κ2) is 13.7. The number of nitriles is 2. The average Bonchev–Trinajstić information content (AvgIpc) is 3.57. The molecule has 0 amide bonds. The number of hydrogen-bond acceptors (Lipinski definition) is 13. The number of carbonyl (C=O) groups excluding carboxylic acids is 1. The summed E-state index contributed by atoms with van der Waals surface area (Å²) in [6.45, 7) is 4.93. The third-order valence-electron chi connectivity index (χ3n) is 7.43. The molecule has 1 aromatic carbocycles. The van der Waals surface area contributed by atoms with E-state index in [0.29, 0.717) is 11.1 Å². The minimum Gasteiger partial charge on any atom is -0.464 e. The van der Waals surface area contributed by atoms with Gasteiger partial charge in [-0.2, -0.15) is 20.7 Å². The Hall–Kier alpha value is -4.08. The van der Waals surface area contributed by atoms with Crippen molar-refractivity contribution in [3.05, 3.63) is 54.0 Å². The second-order valence-electron chi connectivity index (χ2n) is 10.3. The van der Waals surface area contributed by atoms with Gasteiger partial charge in [0.2, 0.25) is 5.60 Å². The summed E-state index contributed by atoms with van der Waals surface area (Å²) in [5.41, 5.74) is 4.53. The Labute approximate surface area is 253 Å². The Morgan fingerprint density at radius 1 is 1.23 bits per heavy atom. The number of esters is 1. The molecule has 3 heterocycles. The van der Waals surface area contributed by atoms with Gasteiger partial charge in [-0.1, -0.05) is 26.7 Å². The lowest BCUT2D eigenvalue weighted by atomic mass is 9.92. The van der Waals surface area contributed by atoms with Crippen molar-refractivity contribution in [2.24, 2.45) is 5.92 Å². The van der Waals surface area contributed by atoms with Crippen LogP contribution in [0.4, 0.5) is 5.82 Å². The van der Waals surface area contributed by atoms with Gasteiger partial charge in [-0.05, 0) is 49.2 Å². The van der Waals surface area contributed by atoms with Crippen LogP contribution >= 0.6 is 7.75 Å². The highest BCUT2D eigenvalue weighted by molar-refractivity contribution is 7.52. The van der Waals surface area contributed by atoms with E-state index in [-0.39, 0.29) is 29.8 Å². The van der Waals surface area contributed by atoms with E-state index >= 15 is 0 Å². The number of nitrogen functional groups attached to an aromatic ring is 1. The van der Waals surface area contributed by atoms with Gasteiger partial charge in [0, 0.05) is 0 Å². The van der Waals surface area contributed by atoms with Crippen molar-refractivity contribution in [3.63, 3.8) is 0 Å². The van der Waals surface area contributed by atoms with Gasteiger partial charge in [0.05, 0.1) is 30.5 Å². The minimum atomic E-state index is -4.42. The molecular formula is C28H34N7O8P. The van der Waals surface area contributed by atoms with Crippen molar-refractivity contribution < 1.29 is 38.1 Å². The molecule has 6 atom stereocenters. The zero-order valence-electron chi connectivity index (χ0n) is 24.4. The first-order chi connectivity index (χ1) is 21.0. The highest BCUT2D eigenvalue weighted by Gasteiger charge is 2.58. The number of aliphatic hydroxyl groups excluding tert-OH is 2. The summed E-state index contributed by atoms with van der Waals surface area (Å²) in [7, 11) is -4.42. The van der Waals surface area contributed by atoms with Crippen LogP contribution in [0.25, 0.3) is 5.52 Å². The van der Waals surface area contributed by atoms with E-state index in [2.05, 4.69) is 15.2 Å². The van der Waals surface area contributed by atoms with Crippen molar-refractivity contribution >= 4 is 25.1 Å². The lowest BCUT2D eigenvalue weighted by Crippen LogP contribution is -2.41. The van der Waals surface area contributed by atoms with Crippen molar-refractivity contribution in [1.82, 2.24) is 19.7 Å². The SMILES string of the molecule is CCC(CC)COC(=O)[C@H](C)NP(=O)(OC[C@H]1O[C@@](C#N)(c2ccc3c(N)ncnn23)[C@H](O)[C@@H]1O)Oc1ccc(C#N)cc1. The summed E-state index contributed by atoms with van der Waals surface area (Å²) in [5.74, 6) is -0.362. The molecule has 5 N–H and O–H groups in total. The summed E-state index contributed by atoms with van der Waals surface area (Å²) in [6, 6.07) is 11.4. The number of fused-ring (bicyclic) bond motifs is 1. The van der Waals surface area contributed by atoms with Crippen LogP contribution in [0.1, 0.15) is 44.9 Å². The van der Waals surface area contributed by atoms with E-state index < -0.39 is 50.3 Å². The number of hydrogen-bond donors (Lipinski definition) is 4. The summed E-state index contributed by atoms with van der Waals surface area (Å²) in [5, 5.41) is 47.8. The number of nitrogens with one attached hydrogen (secondary N) is 1. The molecule has 1 saturated heterocycles. The van der Waals surface area contributed by atoms with Gasteiger partial charge in [0.25, 0.3) is 0 Å². The van der Waals surface area contributed by atoms with Crippen LogP contribution < -0.4 is 15.3 Å². The predicted octanol–water partition coefficient (Wildman–Crippen LogP) is 2.18. The number of aliphatic hydroxyl groups is 2. The zero-order valence-corrected chi connectivity index (χ0v) is 25.3. The molecular weight excluding hydrogens is 593 g/mol. The van der Waals surface area contributed by atoms with Crippen molar-refractivity contribution in [2.75, 3.05) is 18.9 Å². The fraction of sp³-hybridized carbons (Fsp3) is 0.464. The monoisotopic (exact) mass is 627 g/mol. The topological polar surface area (TPSA) is 227 Å². The molecule has 0 aliphatic carbocycles. The molecule has 0 radical (unpaired) electrons. The summed E-state index contributed by atoms with van der Waals surface area (Å²) in [4.78, 5) is 16.6. The Morgan fingerprint density at radius 2 is 1.93 bits per heavy atom. The van der Waals surface area contributed by atoms with Gasteiger partial charge in [0.15, 0.2) is 5.82 Å². The lowest BCUT2D eigenvalue weighted by molar-refractivity contribution is -0.146. The van der Waals surface area contributed by atoms with Crippen LogP contribution in [-0.2, 0) is 29.0 Å². The molecule has 2 aromatic heterocycles. The van der Waals surface area contributed by atoms with Crippen molar-refractivity contribution in [2.45, 2.75) is 63.6 Å². The van der Waals surface area contributed by atoms with Crippen LogP contribution in [-0.4, -0.2) is 68.3 Å². The second-order valence-corrected chi connectivity index (χ2v) is 12.0. The maximum Gasteiger partial charge on any atom is 0.459 e. The highest BCUT2D eigenvalue weighted by atomic mass is 31.2. The summed E-state index contributed by atoms with van der Waals surface area (Å²) < 4.78 is 37.8. The van der Waals surface area contributed by atoms with Crippen LogP contribution in [0.2, 0.25) is 0 Å². The molecule has 4 rings (SSSR count). The van der Waals surface area contributed by atoms with Crippen molar-refractivity contribution in [3.8, 4) is 17.9 Å². The van der Waals surface area contributed by atoms with Gasteiger partial charge in [0.1, 0.15) is 48.0 Å². The lowest BCUT2D eigenvalue weighted by Gasteiger charge is -2.25. The molecule has 0 saturated carbocycles. The van der Waals surface area contributed by atoms with E-state index in [9.17, 15) is 24.8 Å². The largest absolute Gasteiger partial charge is 0.464 e. The molecule has 1 aliphatic rings. The van der Waals surface area contributed by atoms with E-state index in [1.165, 1.54) is 47.8 Å². The molecule has 1 unspecified atom stereocenters. The first-order valence-electron chi connectivity index (χ1n) is 13.9. The Balaban J connectivity index is 1.55. The Bertz CT molecular complexity index is 1600. The molecule has 15 nitrogen and oxygen atoms in total. The number of ether oxygens (including phenoxy) is 2. The van der Waals surface area contributed by atoms with Crippen LogP contribution in [0, 0.1) is 28.6 Å². The van der Waals surface area contributed by atoms with Crippen LogP contribution in [0.3, 0.4) is 0 Å². The molecule has 3 aromatic rings. The smallest absolute Gasteiger partial charge is 0.459 e. The number of benzene rings is 1. The number of nitrogens with zero attached hydrogens (tertiary/aromatic N) is 5. The standard InChI is InChI=1S/C28H34N7O8P/c1-4-18(5-2)13-40-27(38)17(3)34-44(39,43-20-8-6-19(12-29)7-9-20)41-14-22-24(36)25(37)28(15-30,42-22)23-11-10-21-26(31)32-16-33-35(21)23/h6-11,16-18,22,24-25,36-37H,4-5,13-14H2,1-3H3,(H,34,39)(H2,31,32,33)/t17-,22+,24+,25+,28-,44?/m0/s1. The van der Waals surface area contributed by atoms with Gasteiger partial charge in [-0.15, -0.1) is 0 Å². The average molecular weight is 628 g/mol. The number of nitrogens with two attached hydrogens (primary N) is 1. The third-order valence-corrected chi connectivity index (χ3v) is 9.07. The van der Waals surface area contributed by atoms with Gasteiger partial charge >= 0.3 is 13.7 Å². The van der Waals surface area contributed by atoms with Crippen LogP contribution in [0.15, 0.2) is 42.7 Å². The summed E-state index contributed by atoms with van der Waals surface area (Å²) >= 11 is 0. The zero-order chi connectivity index (χ0) is 32.1. The highest BCUT2D eigenvalue weighted by Crippen LogP contribution is 2.47. The first-order valence-corrected chi connectivity index (χ1v) is 15.5. The number of aromatic nitrogens is 3. The van der Waals surface area contributed by atoms with E-state index in [0.717, 1.165) is 19.2 Å². The van der Waals surface area contributed by atoms with Crippen LogP contribution in [0.5, 0.6) is 5.75 Å². The van der Waals surface area contributed by atoms with Gasteiger partial charge < -0.3 is 29.9 Å². The van der Waals surface area contributed by atoms with Crippen molar-refractivity contribution in [1.29, 1.82) is 10.5 Å².